The topological polar surface area (TPSA) is 59.9 Å². The van der Waals surface area contributed by atoms with E-state index in [1.165, 1.54) is 0 Å². The summed E-state index contributed by atoms with van der Waals surface area (Å²) in [6, 6.07) is 12.6. The van der Waals surface area contributed by atoms with Gasteiger partial charge in [0.25, 0.3) is 5.24 Å². The molecule has 1 aliphatic rings. The summed E-state index contributed by atoms with van der Waals surface area (Å²) in [5.74, 6) is 1.77. The largest absolute Gasteiger partial charge is 0.493 e. The Kier molecular flexibility index (Phi) is 5.31. The van der Waals surface area contributed by atoms with Crippen molar-refractivity contribution in [2.24, 2.45) is 4.99 Å². The van der Waals surface area contributed by atoms with E-state index in [0.29, 0.717) is 28.0 Å². The number of aliphatic imine (C=N–C) groups is 1. The van der Waals surface area contributed by atoms with Crippen LogP contribution in [0.1, 0.15) is 5.56 Å². The zero-order valence-electron chi connectivity index (χ0n) is 13.6. The molecule has 1 fully saturated rings. The Morgan fingerprint density at radius 2 is 1.80 bits per heavy atom. The van der Waals surface area contributed by atoms with Crippen LogP contribution in [0.4, 0.5) is 10.5 Å². The Bertz CT molecular complexity index is 863. The average Bonchev–Trinajstić information content (AvgIpc) is 2.95. The summed E-state index contributed by atoms with van der Waals surface area (Å²) in [6.45, 7) is 0. The number of methoxy groups -OCH3 is 2. The number of nitrogens with zero attached hydrogens (tertiary/aromatic N) is 1. The number of amidine groups is 1. The molecule has 1 heterocycles. The number of rotatable bonds is 4. The minimum atomic E-state index is -0.167. The van der Waals surface area contributed by atoms with Crippen LogP contribution >= 0.6 is 23.4 Å². The number of carbonyl (C=O) groups is 1. The van der Waals surface area contributed by atoms with E-state index in [9.17, 15) is 4.79 Å². The fourth-order valence-corrected chi connectivity index (χ4v) is 3.11. The van der Waals surface area contributed by atoms with Gasteiger partial charge >= 0.3 is 0 Å². The highest BCUT2D eigenvalue weighted by Crippen LogP contribution is 2.32. The van der Waals surface area contributed by atoms with E-state index in [1.54, 1.807) is 38.5 Å². The fraction of sp³-hybridized carbons (Fsp3) is 0.111. The van der Waals surface area contributed by atoms with Gasteiger partial charge < -0.3 is 14.8 Å². The molecule has 0 spiro atoms. The number of benzene rings is 2. The Morgan fingerprint density at radius 1 is 1.08 bits per heavy atom. The molecule has 128 valence electrons. The summed E-state index contributed by atoms with van der Waals surface area (Å²) in [5.41, 5.74) is 1.58. The highest BCUT2D eigenvalue weighted by atomic mass is 35.5. The van der Waals surface area contributed by atoms with Crippen molar-refractivity contribution in [1.82, 2.24) is 5.32 Å². The highest BCUT2D eigenvalue weighted by molar-refractivity contribution is 8.18. The van der Waals surface area contributed by atoms with Crippen LogP contribution in [0.3, 0.4) is 0 Å². The van der Waals surface area contributed by atoms with Crippen LogP contribution in [0.25, 0.3) is 6.08 Å². The lowest BCUT2D eigenvalue weighted by atomic mass is 10.2. The van der Waals surface area contributed by atoms with E-state index in [2.05, 4.69) is 10.3 Å². The predicted octanol–water partition coefficient (Wildman–Crippen LogP) is 4.88. The maximum Gasteiger partial charge on any atom is 0.289 e. The van der Waals surface area contributed by atoms with Crippen LogP contribution in [-0.4, -0.2) is 25.3 Å². The lowest BCUT2D eigenvalue weighted by Crippen LogP contribution is -2.18. The van der Waals surface area contributed by atoms with E-state index in [4.69, 9.17) is 21.1 Å². The first-order chi connectivity index (χ1) is 12.1. The summed E-state index contributed by atoms with van der Waals surface area (Å²) in [4.78, 5) is 17.0. The number of ether oxygens (including phenoxy) is 2. The minimum Gasteiger partial charge on any atom is -0.493 e. The number of nitrogens with one attached hydrogen (secondary N) is 1. The first-order valence-corrected chi connectivity index (χ1v) is 8.55. The minimum absolute atomic E-state index is 0.167. The molecule has 0 unspecified atom stereocenters. The molecule has 1 saturated heterocycles. The van der Waals surface area contributed by atoms with Gasteiger partial charge in [-0.2, -0.15) is 0 Å². The Hall–Kier alpha value is -2.44. The first-order valence-electron chi connectivity index (χ1n) is 7.36. The molecule has 0 atom stereocenters. The summed E-state index contributed by atoms with van der Waals surface area (Å²) in [5, 5.41) is 3.22. The lowest BCUT2D eigenvalue weighted by Gasteiger charge is -2.08. The van der Waals surface area contributed by atoms with Crippen molar-refractivity contribution < 1.29 is 14.3 Å². The summed E-state index contributed by atoms with van der Waals surface area (Å²) < 4.78 is 10.5. The van der Waals surface area contributed by atoms with Crippen molar-refractivity contribution in [2.75, 3.05) is 14.2 Å². The van der Waals surface area contributed by atoms with Gasteiger partial charge in [0.1, 0.15) is 5.84 Å². The molecule has 25 heavy (non-hydrogen) atoms. The van der Waals surface area contributed by atoms with Gasteiger partial charge in [0, 0.05) is 5.02 Å². The van der Waals surface area contributed by atoms with Gasteiger partial charge in [0.2, 0.25) is 0 Å². The van der Waals surface area contributed by atoms with Crippen LogP contribution < -0.4 is 14.8 Å². The number of amides is 1. The fourth-order valence-electron chi connectivity index (χ4n) is 2.25. The number of carbonyl (C=O) groups excluding carboxylic acids is 1. The van der Waals surface area contributed by atoms with Crippen molar-refractivity contribution in [3.63, 3.8) is 0 Å². The molecular weight excluding hydrogens is 360 g/mol. The van der Waals surface area contributed by atoms with Gasteiger partial charge in [0.15, 0.2) is 11.5 Å². The van der Waals surface area contributed by atoms with Gasteiger partial charge in [-0.3, -0.25) is 4.79 Å². The maximum absolute atomic E-state index is 11.8. The van der Waals surface area contributed by atoms with Gasteiger partial charge in [-0.15, -0.1) is 0 Å². The van der Waals surface area contributed by atoms with Gasteiger partial charge in [0.05, 0.1) is 24.8 Å². The molecule has 0 bridgehead atoms. The Labute approximate surface area is 154 Å². The van der Waals surface area contributed by atoms with Crippen LogP contribution in [0.2, 0.25) is 5.02 Å². The monoisotopic (exact) mass is 374 g/mol. The standard InChI is InChI=1S/C18H15ClN2O3S/c1-23-14-8-3-11(9-15(14)24-2)10-16-17(21-18(22)25-16)20-13-6-4-12(19)5-7-13/h3-10H,1-2H3,(H,20,21,22)/b16-10-. The zero-order chi connectivity index (χ0) is 17.8. The first kappa shape index (κ1) is 17.4. The number of thioether (sulfide) groups is 1. The molecule has 1 amide bonds. The second kappa shape index (κ2) is 7.63. The van der Waals surface area contributed by atoms with Crippen LogP contribution in [0.15, 0.2) is 52.4 Å². The maximum atomic E-state index is 11.8. The third kappa shape index (κ3) is 4.15. The van der Waals surface area contributed by atoms with Crippen LogP contribution in [-0.2, 0) is 0 Å². The second-order valence-electron chi connectivity index (χ2n) is 5.07. The smallest absolute Gasteiger partial charge is 0.289 e. The molecule has 0 aliphatic carbocycles. The van der Waals surface area contributed by atoms with E-state index in [0.717, 1.165) is 22.2 Å². The van der Waals surface area contributed by atoms with E-state index >= 15 is 0 Å². The molecule has 1 aliphatic heterocycles. The van der Waals surface area contributed by atoms with Gasteiger partial charge in [-0.05, 0) is 59.8 Å². The summed E-state index contributed by atoms with van der Waals surface area (Å²) >= 11 is 6.98. The predicted molar refractivity (Wildman–Crippen MR) is 102 cm³/mol. The molecule has 0 aromatic heterocycles. The van der Waals surface area contributed by atoms with Crippen molar-refractivity contribution >= 4 is 46.2 Å². The van der Waals surface area contributed by atoms with Crippen LogP contribution in [0, 0.1) is 0 Å². The van der Waals surface area contributed by atoms with Crippen molar-refractivity contribution in [2.45, 2.75) is 0 Å². The summed E-state index contributed by atoms with van der Waals surface area (Å²) in [6.07, 6.45) is 1.87. The number of hydrogen-bond acceptors (Lipinski definition) is 5. The molecule has 3 rings (SSSR count). The molecule has 5 nitrogen and oxygen atoms in total. The Morgan fingerprint density at radius 3 is 2.48 bits per heavy atom. The quantitative estimate of drug-likeness (QED) is 0.828. The molecule has 0 radical (unpaired) electrons. The normalized spacial score (nSPS) is 17.0. The van der Waals surface area contributed by atoms with E-state index < -0.39 is 0 Å². The highest BCUT2D eigenvalue weighted by Gasteiger charge is 2.23. The molecular formula is C18H15ClN2O3S. The summed E-state index contributed by atoms with van der Waals surface area (Å²) in [7, 11) is 3.17. The van der Waals surface area contributed by atoms with Crippen molar-refractivity contribution in [3.8, 4) is 11.5 Å². The molecule has 2 aromatic rings. The second-order valence-corrected chi connectivity index (χ2v) is 6.53. The molecule has 2 aromatic carbocycles. The Balaban J connectivity index is 1.95. The third-order valence-corrected chi connectivity index (χ3v) is 4.50. The zero-order valence-corrected chi connectivity index (χ0v) is 15.1. The van der Waals surface area contributed by atoms with Crippen molar-refractivity contribution in [3.05, 3.63) is 58.0 Å². The van der Waals surface area contributed by atoms with Crippen LogP contribution in [0.5, 0.6) is 11.5 Å². The molecule has 7 heteroatoms. The average molecular weight is 375 g/mol. The molecule has 0 saturated carbocycles. The number of hydrogen-bond donors (Lipinski definition) is 1. The number of halogens is 1. The SMILES string of the molecule is COc1ccc(/C=C2\SC(=O)NC2=Nc2ccc(Cl)cc2)cc1OC. The van der Waals surface area contributed by atoms with Gasteiger partial charge in [-0.1, -0.05) is 17.7 Å². The molecule has 1 N–H and O–H groups in total. The third-order valence-electron chi connectivity index (χ3n) is 3.43. The lowest BCUT2D eigenvalue weighted by molar-refractivity contribution is 0.265. The van der Waals surface area contributed by atoms with Gasteiger partial charge in [-0.25, -0.2) is 4.99 Å². The van der Waals surface area contributed by atoms with Crippen molar-refractivity contribution in [1.29, 1.82) is 0 Å². The van der Waals surface area contributed by atoms with E-state index in [1.807, 2.05) is 24.3 Å². The van der Waals surface area contributed by atoms with E-state index in [-0.39, 0.29) is 5.24 Å².